The summed E-state index contributed by atoms with van der Waals surface area (Å²) < 4.78 is 0. The molecule has 1 aromatic rings. The Morgan fingerprint density at radius 1 is 1.55 bits per heavy atom. The average molecular weight is 168 g/mol. The summed E-state index contributed by atoms with van der Waals surface area (Å²) in [6.45, 7) is 1.17. The van der Waals surface area contributed by atoms with Crippen molar-refractivity contribution in [3.8, 4) is 0 Å². The fourth-order valence-electron chi connectivity index (χ4n) is 1.49. The van der Waals surface area contributed by atoms with Crippen molar-refractivity contribution in [1.82, 2.24) is 10.3 Å². The van der Waals surface area contributed by atoms with Crippen LogP contribution in [0.5, 0.6) is 0 Å². The summed E-state index contributed by atoms with van der Waals surface area (Å²) >= 11 is 1.76. The molecule has 0 saturated carbocycles. The van der Waals surface area contributed by atoms with E-state index in [1.807, 2.05) is 11.7 Å². The molecule has 1 fully saturated rings. The van der Waals surface area contributed by atoms with E-state index in [9.17, 15) is 0 Å². The molecule has 1 atom stereocenters. The van der Waals surface area contributed by atoms with Gasteiger partial charge in [-0.05, 0) is 19.4 Å². The molecule has 0 radical (unpaired) electrons. The highest BCUT2D eigenvalue weighted by Crippen LogP contribution is 2.24. The van der Waals surface area contributed by atoms with Crippen molar-refractivity contribution in [1.29, 1.82) is 0 Å². The first-order valence-electron chi connectivity index (χ1n) is 4.08. The number of hydrogen-bond donors (Lipinski definition) is 1. The molecule has 1 N–H and O–H groups in total. The molecule has 2 rings (SSSR count). The van der Waals surface area contributed by atoms with Crippen LogP contribution in [0.1, 0.15) is 30.2 Å². The predicted octanol–water partition coefficient (Wildman–Crippen LogP) is 1.96. The molecule has 1 unspecified atom stereocenters. The monoisotopic (exact) mass is 168 g/mol. The molecule has 3 heteroatoms. The lowest BCUT2D eigenvalue weighted by Crippen LogP contribution is -2.25. The van der Waals surface area contributed by atoms with Gasteiger partial charge in [0.1, 0.15) is 0 Å². The molecule has 2 heterocycles. The van der Waals surface area contributed by atoms with E-state index in [1.54, 1.807) is 11.3 Å². The van der Waals surface area contributed by atoms with Gasteiger partial charge in [-0.3, -0.25) is 4.98 Å². The Bertz CT molecular complexity index is 202. The first-order chi connectivity index (χ1) is 5.47. The Labute approximate surface area is 70.7 Å². The Morgan fingerprint density at radius 3 is 3.18 bits per heavy atom. The molecule has 2 nitrogen and oxygen atoms in total. The zero-order valence-electron chi connectivity index (χ0n) is 6.42. The van der Waals surface area contributed by atoms with Gasteiger partial charge in [0.05, 0.1) is 5.51 Å². The quantitative estimate of drug-likeness (QED) is 0.693. The predicted molar refractivity (Wildman–Crippen MR) is 46.7 cm³/mol. The Hall–Kier alpha value is -0.410. The van der Waals surface area contributed by atoms with Crippen molar-refractivity contribution < 1.29 is 0 Å². The van der Waals surface area contributed by atoms with Crippen LogP contribution in [0.25, 0.3) is 0 Å². The third-order valence-corrected chi connectivity index (χ3v) is 2.99. The fourth-order valence-corrected chi connectivity index (χ4v) is 2.22. The highest BCUT2D eigenvalue weighted by Gasteiger charge is 2.14. The number of hydrogen-bond acceptors (Lipinski definition) is 3. The third kappa shape index (κ3) is 1.60. The van der Waals surface area contributed by atoms with Crippen molar-refractivity contribution in [2.75, 3.05) is 6.54 Å². The molecule has 11 heavy (non-hydrogen) atoms. The van der Waals surface area contributed by atoms with Crippen LogP contribution in [0, 0.1) is 0 Å². The van der Waals surface area contributed by atoms with Crippen LogP contribution in [0.15, 0.2) is 11.7 Å². The lowest BCUT2D eigenvalue weighted by Gasteiger charge is -2.21. The van der Waals surface area contributed by atoms with E-state index in [0.29, 0.717) is 6.04 Å². The lowest BCUT2D eigenvalue weighted by atomic mass is 10.0. The molecule has 1 aliphatic heterocycles. The topological polar surface area (TPSA) is 24.9 Å². The summed E-state index contributed by atoms with van der Waals surface area (Å²) in [5, 5.41) is 3.49. The van der Waals surface area contributed by atoms with E-state index < -0.39 is 0 Å². The molecule has 1 saturated heterocycles. The number of piperidine rings is 1. The van der Waals surface area contributed by atoms with Gasteiger partial charge in [0.2, 0.25) is 0 Å². The maximum Gasteiger partial charge on any atom is 0.0794 e. The van der Waals surface area contributed by atoms with Gasteiger partial charge in [0.15, 0.2) is 0 Å². The smallest absolute Gasteiger partial charge is 0.0794 e. The highest BCUT2D eigenvalue weighted by atomic mass is 32.1. The minimum Gasteiger partial charge on any atom is -0.309 e. The van der Waals surface area contributed by atoms with Gasteiger partial charge in [-0.25, -0.2) is 0 Å². The van der Waals surface area contributed by atoms with E-state index in [-0.39, 0.29) is 0 Å². The minimum absolute atomic E-state index is 0.594. The molecular formula is C8H12N2S. The minimum atomic E-state index is 0.594. The van der Waals surface area contributed by atoms with Gasteiger partial charge in [-0.15, -0.1) is 11.3 Å². The third-order valence-electron chi connectivity index (χ3n) is 2.11. The van der Waals surface area contributed by atoms with Gasteiger partial charge in [0.25, 0.3) is 0 Å². The number of nitrogens with zero attached hydrogens (tertiary/aromatic N) is 1. The van der Waals surface area contributed by atoms with Gasteiger partial charge >= 0.3 is 0 Å². The summed E-state index contributed by atoms with van der Waals surface area (Å²) in [7, 11) is 0. The second-order valence-corrected chi connectivity index (χ2v) is 3.82. The SMILES string of the molecule is c1ncc(C2CCCCN2)s1. The Balaban J connectivity index is 2.04. The summed E-state index contributed by atoms with van der Waals surface area (Å²) in [5.41, 5.74) is 1.91. The summed E-state index contributed by atoms with van der Waals surface area (Å²) in [6, 6.07) is 0.594. The standard InChI is InChI=1S/C8H12N2S/c1-2-4-10-7(3-1)8-5-9-6-11-8/h5-7,10H,1-4H2. The van der Waals surface area contributed by atoms with Gasteiger partial charge in [-0.2, -0.15) is 0 Å². The molecule has 1 aromatic heterocycles. The van der Waals surface area contributed by atoms with Crippen molar-refractivity contribution in [2.24, 2.45) is 0 Å². The molecule has 0 aliphatic carbocycles. The molecule has 0 bridgehead atoms. The van der Waals surface area contributed by atoms with Crippen molar-refractivity contribution >= 4 is 11.3 Å². The van der Waals surface area contributed by atoms with E-state index in [4.69, 9.17) is 0 Å². The highest BCUT2D eigenvalue weighted by molar-refractivity contribution is 7.09. The summed E-state index contributed by atoms with van der Waals surface area (Å²) in [4.78, 5) is 5.47. The molecular weight excluding hydrogens is 156 g/mol. The van der Waals surface area contributed by atoms with Crippen LogP contribution in [0.4, 0.5) is 0 Å². The Morgan fingerprint density at radius 2 is 2.55 bits per heavy atom. The van der Waals surface area contributed by atoms with Crippen molar-refractivity contribution in [3.63, 3.8) is 0 Å². The lowest BCUT2D eigenvalue weighted by molar-refractivity contribution is 0.417. The van der Waals surface area contributed by atoms with E-state index >= 15 is 0 Å². The van der Waals surface area contributed by atoms with Gasteiger partial charge in [0, 0.05) is 17.1 Å². The van der Waals surface area contributed by atoms with Crippen molar-refractivity contribution in [2.45, 2.75) is 25.3 Å². The zero-order chi connectivity index (χ0) is 7.52. The first kappa shape index (κ1) is 7.25. The largest absolute Gasteiger partial charge is 0.309 e. The molecule has 0 aromatic carbocycles. The maximum absolute atomic E-state index is 4.08. The second kappa shape index (κ2) is 3.32. The molecule has 1 aliphatic rings. The van der Waals surface area contributed by atoms with Crippen LogP contribution in [0.2, 0.25) is 0 Å². The zero-order valence-corrected chi connectivity index (χ0v) is 7.23. The molecule has 0 amide bonds. The molecule has 60 valence electrons. The van der Waals surface area contributed by atoms with Gasteiger partial charge in [-0.1, -0.05) is 6.42 Å². The van der Waals surface area contributed by atoms with E-state index in [0.717, 1.165) is 0 Å². The van der Waals surface area contributed by atoms with Crippen LogP contribution in [-0.2, 0) is 0 Å². The maximum atomic E-state index is 4.08. The number of aromatic nitrogens is 1. The van der Waals surface area contributed by atoms with Crippen LogP contribution in [0.3, 0.4) is 0 Å². The summed E-state index contributed by atoms with van der Waals surface area (Å²) in [5.74, 6) is 0. The fraction of sp³-hybridized carbons (Fsp3) is 0.625. The van der Waals surface area contributed by atoms with Crippen molar-refractivity contribution in [3.05, 3.63) is 16.6 Å². The van der Waals surface area contributed by atoms with Crippen LogP contribution in [-0.4, -0.2) is 11.5 Å². The van der Waals surface area contributed by atoms with Crippen LogP contribution < -0.4 is 5.32 Å². The first-order valence-corrected chi connectivity index (χ1v) is 4.96. The Kier molecular flexibility index (Phi) is 2.19. The number of thiazole rings is 1. The number of rotatable bonds is 1. The van der Waals surface area contributed by atoms with E-state index in [2.05, 4.69) is 10.3 Å². The number of nitrogens with one attached hydrogen (secondary N) is 1. The second-order valence-electron chi connectivity index (χ2n) is 2.91. The normalized spacial score (nSPS) is 25.3. The summed E-state index contributed by atoms with van der Waals surface area (Å²) in [6.07, 6.45) is 5.95. The van der Waals surface area contributed by atoms with Gasteiger partial charge < -0.3 is 5.32 Å². The van der Waals surface area contributed by atoms with Crippen LogP contribution >= 0.6 is 11.3 Å². The van der Waals surface area contributed by atoms with E-state index in [1.165, 1.54) is 30.7 Å². The molecule has 0 spiro atoms. The average Bonchev–Trinajstić information content (AvgIpc) is 2.58.